The summed E-state index contributed by atoms with van der Waals surface area (Å²) in [4.78, 5) is 4.18. The maximum atomic E-state index is 13.5. The Hall–Kier alpha value is -1.94. The molecule has 2 aromatic rings. The van der Waals surface area contributed by atoms with Crippen molar-refractivity contribution in [2.45, 2.75) is 19.9 Å². The lowest BCUT2D eigenvalue weighted by atomic mass is 10.0. The fourth-order valence-electron chi connectivity index (χ4n) is 2.03. The summed E-state index contributed by atoms with van der Waals surface area (Å²) >= 11 is 0. The van der Waals surface area contributed by atoms with Gasteiger partial charge < -0.3 is 10.1 Å². The maximum Gasteiger partial charge on any atom is 0.212 e. The van der Waals surface area contributed by atoms with Crippen molar-refractivity contribution in [2.75, 3.05) is 13.7 Å². The third-order valence-electron chi connectivity index (χ3n) is 3.07. The number of pyridine rings is 1. The van der Waals surface area contributed by atoms with Crippen LogP contribution in [0.1, 0.15) is 18.9 Å². The molecule has 0 amide bonds. The molecule has 0 aliphatic carbocycles. The largest absolute Gasteiger partial charge is 0.481 e. The molecular formula is C16H19FN2O. The highest BCUT2D eigenvalue weighted by Gasteiger charge is 2.07. The van der Waals surface area contributed by atoms with E-state index in [1.807, 2.05) is 12.1 Å². The monoisotopic (exact) mass is 274 g/mol. The van der Waals surface area contributed by atoms with Crippen molar-refractivity contribution in [3.05, 3.63) is 47.9 Å². The van der Waals surface area contributed by atoms with Crippen molar-refractivity contribution in [1.82, 2.24) is 10.3 Å². The number of hydrogen-bond donors (Lipinski definition) is 1. The summed E-state index contributed by atoms with van der Waals surface area (Å²) in [5.41, 5.74) is 2.81. The lowest BCUT2D eigenvalue weighted by Gasteiger charge is -2.11. The van der Waals surface area contributed by atoms with Gasteiger partial charge in [-0.2, -0.15) is 0 Å². The van der Waals surface area contributed by atoms with Gasteiger partial charge in [0.25, 0.3) is 0 Å². The molecule has 0 aliphatic heterocycles. The highest BCUT2D eigenvalue weighted by atomic mass is 19.1. The first-order chi connectivity index (χ1) is 9.74. The van der Waals surface area contributed by atoms with Crippen molar-refractivity contribution >= 4 is 0 Å². The summed E-state index contributed by atoms with van der Waals surface area (Å²) < 4.78 is 18.5. The molecule has 0 fully saturated rings. The highest BCUT2D eigenvalue weighted by molar-refractivity contribution is 5.66. The van der Waals surface area contributed by atoms with Gasteiger partial charge in [0, 0.05) is 24.4 Å². The maximum absolute atomic E-state index is 13.5. The Morgan fingerprint density at radius 1 is 1.25 bits per heavy atom. The molecular weight excluding hydrogens is 255 g/mol. The fourth-order valence-corrected chi connectivity index (χ4v) is 2.03. The van der Waals surface area contributed by atoms with Crippen molar-refractivity contribution < 1.29 is 9.13 Å². The fraction of sp³-hybridized carbons (Fsp3) is 0.312. The number of ether oxygens (including phenoxy) is 1. The Morgan fingerprint density at radius 2 is 2.10 bits per heavy atom. The van der Waals surface area contributed by atoms with Crippen molar-refractivity contribution in [3.63, 3.8) is 0 Å². The van der Waals surface area contributed by atoms with Gasteiger partial charge in [-0.1, -0.05) is 13.0 Å². The lowest BCUT2D eigenvalue weighted by molar-refractivity contribution is 0.398. The zero-order valence-corrected chi connectivity index (χ0v) is 11.8. The molecule has 1 N–H and O–H groups in total. The van der Waals surface area contributed by atoms with Crippen molar-refractivity contribution in [2.24, 2.45) is 0 Å². The minimum absolute atomic E-state index is 0.241. The molecule has 2 rings (SSSR count). The molecule has 0 spiro atoms. The van der Waals surface area contributed by atoms with Gasteiger partial charge >= 0.3 is 0 Å². The molecule has 0 unspecified atom stereocenters. The van der Waals surface area contributed by atoms with Gasteiger partial charge in [-0.05, 0) is 42.3 Å². The van der Waals surface area contributed by atoms with Gasteiger partial charge in [-0.3, -0.25) is 0 Å². The third-order valence-corrected chi connectivity index (χ3v) is 3.07. The average molecular weight is 274 g/mol. The summed E-state index contributed by atoms with van der Waals surface area (Å²) in [6.07, 6.45) is 2.78. The molecule has 0 radical (unpaired) electrons. The molecule has 0 bridgehead atoms. The molecule has 1 aromatic heterocycles. The number of aromatic nitrogens is 1. The van der Waals surface area contributed by atoms with Gasteiger partial charge in [0.05, 0.1) is 7.11 Å². The van der Waals surface area contributed by atoms with E-state index in [2.05, 4.69) is 17.2 Å². The van der Waals surface area contributed by atoms with Crippen LogP contribution in [-0.2, 0) is 6.54 Å². The number of methoxy groups -OCH3 is 1. The predicted octanol–water partition coefficient (Wildman–Crippen LogP) is 3.40. The Morgan fingerprint density at radius 3 is 2.75 bits per heavy atom. The topological polar surface area (TPSA) is 34.1 Å². The normalized spacial score (nSPS) is 10.6. The van der Waals surface area contributed by atoms with Crippen LogP contribution in [0, 0.1) is 5.82 Å². The number of hydrogen-bond acceptors (Lipinski definition) is 3. The molecule has 4 heteroatoms. The number of nitrogens with one attached hydrogen (secondary N) is 1. The Kier molecular flexibility index (Phi) is 5.07. The van der Waals surface area contributed by atoms with Gasteiger partial charge in [0.1, 0.15) is 5.82 Å². The highest BCUT2D eigenvalue weighted by Crippen LogP contribution is 2.25. The summed E-state index contributed by atoms with van der Waals surface area (Å²) in [5, 5.41) is 3.34. The van der Waals surface area contributed by atoms with Crippen LogP contribution in [0.4, 0.5) is 4.39 Å². The van der Waals surface area contributed by atoms with E-state index >= 15 is 0 Å². The van der Waals surface area contributed by atoms with E-state index in [0.29, 0.717) is 5.88 Å². The van der Waals surface area contributed by atoms with E-state index in [0.717, 1.165) is 36.2 Å². The molecule has 1 aromatic carbocycles. The SMILES string of the molecule is CCCNCc1ccc(F)cc1-c1ccc(OC)nc1. The van der Waals surface area contributed by atoms with Crippen LogP contribution in [0.25, 0.3) is 11.1 Å². The van der Waals surface area contributed by atoms with Crippen molar-refractivity contribution in [3.8, 4) is 17.0 Å². The third kappa shape index (κ3) is 3.54. The smallest absolute Gasteiger partial charge is 0.212 e. The first-order valence-electron chi connectivity index (χ1n) is 6.74. The zero-order chi connectivity index (χ0) is 14.4. The number of rotatable bonds is 6. The van der Waals surface area contributed by atoms with Crippen LogP contribution < -0.4 is 10.1 Å². The van der Waals surface area contributed by atoms with Crippen LogP contribution in [0.15, 0.2) is 36.5 Å². The number of benzene rings is 1. The predicted molar refractivity (Wildman–Crippen MR) is 78.2 cm³/mol. The minimum atomic E-state index is -0.241. The van der Waals surface area contributed by atoms with Crippen LogP contribution in [0.3, 0.4) is 0 Å². The van der Waals surface area contributed by atoms with Crippen LogP contribution in [-0.4, -0.2) is 18.6 Å². The lowest BCUT2D eigenvalue weighted by Crippen LogP contribution is -2.14. The van der Waals surface area contributed by atoms with E-state index in [-0.39, 0.29) is 5.82 Å². The Balaban J connectivity index is 2.29. The zero-order valence-electron chi connectivity index (χ0n) is 11.8. The standard InChI is InChI=1S/C16H19FN2O/c1-3-8-18-10-12-4-6-14(17)9-15(12)13-5-7-16(20-2)19-11-13/h4-7,9,11,18H,3,8,10H2,1-2H3. The molecule has 106 valence electrons. The Bertz CT molecular complexity index is 555. The quantitative estimate of drug-likeness (QED) is 0.820. The van der Waals surface area contributed by atoms with Crippen LogP contribution in [0.5, 0.6) is 5.88 Å². The second-order valence-electron chi connectivity index (χ2n) is 4.57. The van der Waals surface area contributed by atoms with Crippen molar-refractivity contribution in [1.29, 1.82) is 0 Å². The summed E-state index contributed by atoms with van der Waals surface area (Å²) in [5.74, 6) is 0.311. The summed E-state index contributed by atoms with van der Waals surface area (Å²) in [6, 6.07) is 8.53. The molecule has 20 heavy (non-hydrogen) atoms. The minimum Gasteiger partial charge on any atom is -0.481 e. The van der Waals surface area contributed by atoms with Gasteiger partial charge in [0.2, 0.25) is 5.88 Å². The van der Waals surface area contributed by atoms with E-state index in [1.165, 1.54) is 6.07 Å². The van der Waals surface area contributed by atoms with E-state index in [1.54, 1.807) is 25.4 Å². The average Bonchev–Trinajstić information content (AvgIpc) is 2.49. The van der Waals surface area contributed by atoms with Gasteiger partial charge in [-0.15, -0.1) is 0 Å². The van der Waals surface area contributed by atoms with E-state index in [4.69, 9.17) is 4.74 Å². The van der Waals surface area contributed by atoms with Crippen LogP contribution >= 0.6 is 0 Å². The molecule has 0 saturated heterocycles. The molecule has 3 nitrogen and oxygen atoms in total. The molecule has 0 aliphatic rings. The number of halogens is 1. The molecule has 0 atom stereocenters. The first-order valence-corrected chi connectivity index (χ1v) is 6.74. The van der Waals surface area contributed by atoms with Crippen LogP contribution in [0.2, 0.25) is 0 Å². The van der Waals surface area contributed by atoms with E-state index in [9.17, 15) is 4.39 Å². The molecule has 0 saturated carbocycles. The van der Waals surface area contributed by atoms with Gasteiger partial charge in [-0.25, -0.2) is 9.37 Å². The second-order valence-corrected chi connectivity index (χ2v) is 4.57. The first kappa shape index (κ1) is 14.5. The Labute approximate surface area is 118 Å². The van der Waals surface area contributed by atoms with E-state index < -0.39 is 0 Å². The summed E-state index contributed by atoms with van der Waals surface area (Å²) in [7, 11) is 1.57. The summed E-state index contributed by atoms with van der Waals surface area (Å²) in [6.45, 7) is 3.78. The number of nitrogens with zero attached hydrogens (tertiary/aromatic N) is 1. The van der Waals surface area contributed by atoms with Gasteiger partial charge in [0.15, 0.2) is 0 Å². The molecule has 1 heterocycles. The second kappa shape index (κ2) is 7.01.